The van der Waals surface area contributed by atoms with Crippen molar-refractivity contribution in [2.45, 2.75) is 20.4 Å². The standard InChI is InChI=1S/C18H17ClN4O2S/c1-11-17(26-12(2)21-11)15-7-8-16(24)23(22-15)10-9-20-18(25)13-3-5-14(19)6-4-13/h3-8H,9-10H2,1-2H3,(H,20,25). The SMILES string of the molecule is Cc1nc(C)c(-c2ccc(=O)n(CCNC(=O)c3ccc(Cl)cc3)n2)s1. The molecular formula is C18H17ClN4O2S. The van der Waals surface area contributed by atoms with Gasteiger partial charge in [-0.05, 0) is 44.2 Å². The normalized spacial score (nSPS) is 10.7. The maximum atomic E-state index is 12.1. The number of aromatic nitrogens is 3. The molecule has 0 aliphatic rings. The van der Waals surface area contributed by atoms with Crippen LogP contribution in [0.1, 0.15) is 21.1 Å². The van der Waals surface area contributed by atoms with Crippen LogP contribution in [-0.2, 0) is 6.54 Å². The van der Waals surface area contributed by atoms with Crippen LogP contribution in [0.3, 0.4) is 0 Å². The van der Waals surface area contributed by atoms with E-state index in [9.17, 15) is 9.59 Å². The Labute approximate surface area is 159 Å². The molecule has 1 aromatic carbocycles. The van der Waals surface area contributed by atoms with Gasteiger partial charge in [-0.15, -0.1) is 11.3 Å². The van der Waals surface area contributed by atoms with E-state index >= 15 is 0 Å². The van der Waals surface area contributed by atoms with E-state index in [4.69, 9.17) is 11.6 Å². The molecule has 3 aromatic rings. The van der Waals surface area contributed by atoms with Gasteiger partial charge >= 0.3 is 0 Å². The van der Waals surface area contributed by atoms with Crippen molar-refractivity contribution in [3.63, 3.8) is 0 Å². The molecule has 0 saturated carbocycles. The molecule has 1 N–H and O–H groups in total. The number of thiazole rings is 1. The molecule has 2 aromatic heterocycles. The van der Waals surface area contributed by atoms with Gasteiger partial charge in [-0.2, -0.15) is 5.10 Å². The van der Waals surface area contributed by atoms with Crippen LogP contribution in [0.2, 0.25) is 5.02 Å². The number of hydrogen-bond acceptors (Lipinski definition) is 5. The Hall–Kier alpha value is -2.51. The van der Waals surface area contributed by atoms with Crippen LogP contribution < -0.4 is 10.9 Å². The first-order chi connectivity index (χ1) is 12.4. The smallest absolute Gasteiger partial charge is 0.266 e. The number of carbonyl (C=O) groups excluding carboxylic acids is 1. The van der Waals surface area contributed by atoms with Gasteiger partial charge in [-0.25, -0.2) is 9.67 Å². The summed E-state index contributed by atoms with van der Waals surface area (Å²) in [6, 6.07) is 9.80. The third kappa shape index (κ3) is 4.17. The number of nitrogens with zero attached hydrogens (tertiary/aromatic N) is 3. The molecule has 0 fully saturated rings. The quantitative estimate of drug-likeness (QED) is 0.728. The minimum atomic E-state index is -0.222. The zero-order valence-electron chi connectivity index (χ0n) is 14.3. The third-order valence-electron chi connectivity index (χ3n) is 3.72. The number of amides is 1. The van der Waals surface area contributed by atoms with Gasteiger partial charge < -0.3 is 5.32 Å². The van der Waals surface area contributed by atoms with Gasteiger partial charge in [0.05, 0.1) is 22.1 Å². The van der Waals surface area contributed by atoms with Crippen molar-refractivity contribution in [3.8, 4) is 10.6 Å². The minimum Gasteiger partial charge on any atom is -0.350 e. The van der Waals surface area contributed by atoms with Crippen molar-refractivity contribution in [2.75, 3.05) is 6.54 Å². The van der Waals surface area contributed by atoms with Crippen molar-refractivity contribution in [3.05, 3.63) is 68.0 Å². The largest absolute Gasteiger partial charge is 0.350 e. The highest BCUT2D eigenvalue weighted by Crippen LogP contribution is 2.27. The van der Waals surface area contributed by atoms with Gasteiger partial charge in [-0.3, -0.25) is 9.59 Å². The Kier molecular flexibility index (Phi) is 5.49. The number of hydrogen-bond donors (Lipinski definition) is 1. The first-order valence-electron chi connectivity index (χ1n) is 8.00. The van der Waals surface area contributed by atoms with E-state index in [0.29, 0.717) is 22.8 Å². The Bertz CT molecular complexity index is 995. The summed E-state index contributed by atoms with van der Waals surface area (Å²) in [5, 5.41) is 8.70. The van der Waals surface area contributed by atoms with Crippen LogP contribution in [0.5, 0.6) is 0 Å². The molecule has 0 aliphatic carbocycles. The predicted octanol–water partition coefficient (Wildman–Crippen LogP) is 3.07. The second kappa shape index (κ2) is 7.80. The molecule has 134 valence electrons. The molecule has 26 heavy (non-hydrogen) atoms. The number of nitrogens with one attached hydrogen (secondary N) is 1. The summed E-state index contributed by atoms with van der Waals surface area (Å²) in [4.78, 5) is 29.5. The Morgan fingerprint density at radius 2 is 1.92 bits per heavy atom. The van der Waals surface area contributed by atoms with Crippen molar-refractivity contribution in [2.24, 2.45) is 0 Å². The first-order valence-corrected chi connectivity index (χ1v) is 9.20. The van der Waals surface area contributed by atoms with Crippen molar-refractivity contribution >= 4 is 28.8 Å². The molecule has 6 nitrogen and oxygen atoms in total. The summed E-state index contributed by atoms with van der Waals surface area (Å²) in [5.41, 5.74) is 1.89. The van der Waals surface area contributed by atoms with Gasteiger partial charge in [0.15, 0.2) is 0 Å². The Morgan fingerprint density at radius 3 is 2.58 bits per heavy atom. The summed E-state index contributed by atoms with van der Waals surface area (Å²) < 4.78 is 1.35. The first kappa shape index (κ1) is 18.3. The molecule has 0 spiro atoms. The number of benzene rings is 1. The van der Waals surface area contributed by atoms with E-state index in [1.54, 1.807) is 30.3 Å². The molecule has 1 amide bonds. The van der Waals surface area contributed by atoms with E-state index in [-0.39, 0.29) is 18.0 Å². The number of aryl methyl sites for hydroxylation is 2. The topological polar surface area (TPSA) is 76.9 Å². The van der Waals surface area contributed by atoms with Crippen molar-refractivity contribution in [1.82, 2.24) is 20.1 Å². The molecule has 0 atom stereocenters. The molecule has 0 saturated heterocycles. The van der Waals surface area contributed by atoms with Gasteiger partial charge in [0, 0.05) is 23.2 Å². The molecule has 8 heteroatoms. The van der Waals surface area contributed by atoms with E-state index in [0.717, 1.165) is 15.6 Å². The number of rotatable bonds is 5. The lowest BCUT2D eigenvalue weighted by atomic mass is 10.2. The van der Waals surface area contributed by atoms with Crippen LogP contribution >= 0.6 is 22.9 Å². The summed E-state index contributed by atoms with van der Waals surface area (Å²) in [6.45, 7) is 4.42. The molecule has 0 unspecified atom stereocenters. The molecule has 2 heterocycles. The summed E-state index contributed by atoms with van der Waals surface area (Å²) >= 11 is 7.35. The summed E-state index contributed by atoms with van der Waals surface area (Å²) in [7, 11) is 0. The zero-order valence-corrected chi connectivity index (χ0v) is 15.9. The van der Waals surface area contributed by atoms with E-state index in [1.165, 1.54) is 22.1 Å². The fourth-order valence-electron chi connectivity index (χ4n) is 2.48. The Balaban J connectivity index is 1.69. The fraction of sp³-hybridized carbons (Fsp3) is 0.222. The highest BCUT2D eigenvalue weighted by Gasteiger charge is 2.11. The summed E-state index contributed by atoms with van der Waals surface area (Å²) in [5.74, 6) is -0.222. The molecular weight excluding hydrogens is 372 g/mol. The second-order valence-corrected chi connectivity index (χ2v) is 7.33. The minimum absolute atomic E-state index is 0.214. The Morgan fingerprint density at radius 1 is 1.19 bits per heavy atom. The van der Waals surface area contributed by atoms with Gasteiger partial charge in [0.25, 0.3) is 11.5 Å². The molecule has 3 rings (SSSR count). The average molecular weight is 389 g/mol. The van der Waals surface area contributed by atoms with E-state index < -0.39 is 0 Å². The zero-order chi connectivity index (χ0) is 18.7. The maximum absolute atomic E-state index is 12.1. The molecule has 0 radical (unpaired) electrons. The van der Waals surface area contributed by atoms with Gasteiger partial charge in [-0.1, -0.05) is 11.6 Å². The fourth-order valence-corrected chi connectivity index (χ4v) is 3.49. The van der Waals surface area contributed by atoms with Crippen molar-refractivity contribution in [1.29, 1.82) is 0 Å². The van der Waals surface area contributed by atoms with Crippen LogP contribution in [-0.4, -0.2) is 27.2 Å². The highest BCUT2D eigenvalue weighted by atomic mass is 35.5. The number of halogens is 1. The lowest BCUT2D eigenvalue weighted by Crippen LogP contribution is -2.31. The van der Waals surface area contributed by atoms with Crippen LogP contribution in [0.25, 0.3) is 10.6 Å². The van der Waals surface area contributed by atoms with Gasteiger partial charge in [0.2, 0.25) is 0 Å². The van der Waals surface area contributed by atoms with Gasteiger partial charge in [0.1, 0.15) is 5.69 Å². The highest BCUT2D eigenvalue weighted by molar-refractivity contribution is 7.15. The van der Waals surface area contributed by atoms with Crippen LogP contribution in [0.15, 0.2) is 41.2 Å². The third-order valence-corrected chi connectivity index (χ3v) is 5.07. The van der Waals surface area contributed by atoms with Crippen molar-refractivity contribution < 1.29 is 4.79 Å². The predicted molar refractivity (Wildman–Crippen MR) is 103 cm³/mol. The molecule has 0 bridgehead atoms. The monoisotopic (exact) mass is 388 g/mol. The molecule has 0 aliphatic heterocycles. The lowest BCUT2D eigenvalue weighted by Gasteiger charge is -2.08. The lowest BCUT2D eigenvalue weighted by molar-refractivity contribution is 0.0952. The summed E-state index contributed by atoms with van der Waals surface area (Å²) in [6.07, 6.45) is 0. The van der Waals surface area contributed by atoms with E-state index in [1.807, 2.05) is 13.8 Å². The average Bonchev–Trinajstić information content (AvgIpc) is 2.95. The van der Waals surface area contributed by atoms with E-state index in [2.05, 4.69) is 15.4 Å². The van der Waals surface area contributed by atoms with Crippen LogP contribution in [0, 0.1) is 13.8 Å². The maximum Gasteiger partial charge on any atom is 0.266 e. The van der Waals surface area contributed by atoms with Crippen LogP contribution in [0.4, 0.5) is 0 Å². The number of carbonyl (C=O) groups is 1. The second-order valence-electron chi connectivity index (χ2n) is 5.69.